The Morgan fingerprint density at radius 3 is 2.74 bits per heavy atom. The molecule has 7 heteroatoms. The molecular formula is C12H13ClN4OS. The highest BCUT2D eigenvalue weighted by Crippen LogP contribution is 2.27. The Morgan fingerprint density at radius 1 is 1.32 bits per heavy atom. The highest BCUT2D eigenvalue weighted by atomic mass is 35.5. The second-order valence-electron chi connectivity index (χ2n) is 3.74. The predicted octanol–water partition coefficient (Wildman–Crippen LogP) is 3.24. The number of aryl methyl sites for hydroxylation is 1. The van der Waals surface area contributed by atoms with Crippen LogP contribution < -0.4 is 16.0 Å². The Morgan fingerprint density at radius 2 is 2.11 bits per heavy atom. The molecule has 0 radical (unpaired) electrons. The molecule has 0 aliphatic rings. The second-order valence-corrected chi connectivity index (χ2v) is 4.92. The summed E-state index contributed by atoms with van der Waals surface area (Å²) in [5, 5.41) is 1.28. The lowest BCUT2D eigenvalue weighted by Crippen LogP contribution is -2.09. The van der Waals surface area contributed by atoms with Gasteiger partial charge in [-0.25, -0.2) is 10.8 Å². The fourth-order valence-electron chi connectivity index (χ4n) is 1.42. The Balaban J connectivity index is 2.29. The number of hydrogen-bond acceptors (Lipinski definition) is 6. The minimum atomic E-state index is 0.425. The van der Waals surface area contributed by atoms with Crippen LogP contribution in [0.4, 0.5) is 5.82 Å². The average molecular weight is 297 g/mol. The maximum atomic E-state index is 5.97. The second kappa shape index (κ2) is 6.10. The summed E-state index contributed by atoms with van der Waals surface area (Å²) in [6.45, 7) is 1.91. The molecule has 0 atom stereocenters. The van der Waals surface area contributed by atoms with Crippen molar-refractivity contribution in [3.8, 4) is 11.6 Å². The number of nitrogens with two attached hydrogens (primary N) is 1. The molecule has 0 amide bonds. The summed E-state index contributed by atoms with van der Waals surface area (Å²) in [4.78, 5) is 8.41. The van der Waals surface area contributed by atoms with E-state index in [9.17, 15) is 0 Å². The summed E-state index contributed by atoms with van der Waals surface area (Å²) in [6.07, 6.45) is 1.88. The van der Waals surface area contributed by atoms with E-state index in [1.807, 2.05) is 19.2 Å². The van der Waals surface area contributed by atoms with Crippen molar-refractivity contribution < 1.29 is 4.74 Å². The highest BCUT2D eigenvalue weighted by Gasteiger charge is 2.06. The van der Waals surface area contributed by atoms with Gasteiger partial charge in [-0.15, -0.1) is 0 Å². The van der Waals surface area contributed by atoms with Gasteiger partial charge in [0.15, 0.2) is 5.16 Å². The lowest BCUT2D eigenvalue weighted by Gasteiger charge is -2.08. The first-order valence-corrected chi connectivity index (χ1v) is 7.06. The van der Waals surface area contributed by atoms with Gasteiger partial charge in [-0.2, -0.15) is 4.98 Å². The minimum absolute atomic E-state index is 0.425. The topological polar surface area (TPSA) is 73.1 Å². The van der Waals surface area contributed by atoms with Crippen molar-refractivity contribution in [3.05, 3.63) is 34.9 Å². The fraction of sp³-hybridized carbons (Fsp3) is 0.167. The monoisotopic (exact) mass is 296 g/mol. The van der Waals surface area contributed by atoms with Crippen molar-refractivity contribution in [2.24, 2.45) is 5.84 Å². The van der Waals surface area contributed by atoms with Crippen molar-refractivity contribution in [1.82, 2.24) is 9.97 Å². The molecule has 100 valence electrons. The third-order valence-electron chi connectivity index (χ3n) is 2.36. The number of hydrazine groups is 1. The zero-order valence-electron chi connectivity index (χ0n) is 10.5. The van der Waals surface area contributed by atoms with Gasteiger partial charge in [-0.05, 0) is 36.9 Å². The first kappa shape index (κ1) is 13.9. The summed E-state index contributed by atoms with van der Waals surface area (Å²) < 4.78 is 5.68. The van der Waals surface area contributed by atoms with Crippen molar-refractivity contribution in [2.45, 2.75) is 12.1 Å². The number of ether oxygens (including phenoxy) is 1. The molecule has 5 nitrogen and oxygen atoms in total. The largest absolute Gasteiger partial charge is 0.439 e. The number of rotatable bonds is 4. The standard InChI is InChI=1S/C12H13ClN4OS/c1-7-5-8(3-4-9(7)13)18-11-6-10(17-14)15-12(16-11)19-2/h3-6H,14H2,1-2H3,(H,15,16,17). The highest BCUT2D eigenvalue weighted by molar-refractivity contribution is 7.98. The minimum Gasteiger partial charge on any atom is -0.439 e. The first-order valence-electron chi connectivity index (χ1n) is 5.46. The molecule has 0 spiro atoms. The summed E-state index contributed by atoms with van der Waals surface area (Å²) in [7, 11) is 0. The number of anilines is 1. The van der Waals surface area contributed by atoms with E-state index >= 15 is 0 Å². The predicted molar refractivity (Wildman–Crippen MR) is 77.9 cm³/mol. The van der Waals surface area contributed by atoms with Gasteiger partial charge in [0.05, 0.1) is 0 Å². The van der Waals surface area contributed by atoms with Gasteiger partial charge in [-0.1, -0.05) is 23.4 Å². The van der Waals surface area contributed by atoms with Crippen molar-refractivity contribution >= 4 is 29.2 Å². The van der Waals surface area contributed by atoms with Crippen LogP contribution in [0, 0.1) is 6.92 Å². The van der Waals surface area contributed by atoms with E-state index in [4.69, 9.17) is 22.2 Å². The van der Waals surface area contributed by atoms with Crippen LogP contribution in [-0.2, 0) is 0 Å². The molecule has 0 saturated carbocycles. The van der Waals surface area contributed by atoms with Crippen molar-refractivity contribution in [2.75, 3.05) is 11.7 Å². The molecule has 2 aromatic rings. The van der Waals surface area contributed by atoms with Gasteiger partial charge in [0.1, 0.15) is 11.6 Å². The number of hydrogen-bond donors (Lipinski definition) is 2. The quantitative estimate of drug-likeness (QED) is 0.390. The van der Waals surface area contributed by atoms with Gasteiger partial charge in [0.2, 0.25) is 5.88 Å². The van der Waals surface area contributed by atoms with Crippen LogP contribution in [0.3, 0.4) is 0 Å². The average Bonchev–Trinajstić information content (AvgIpc) is 2.42. The fourth-order valence-corrected chi connectivity index (χ4v) is 1.91. The van der Waals surface area contributed by atoms with E-state index in [1.54, 1.807) is 18.2 Å². The Kier molecular flexibility index (Phi) is 4.47. The van der Waals surface area contributed by atoms with Gasteiger partial charge < -0.3 is 10.2 Å². The van der Waals surface area contributed by atoms with E-state index in [-0.39, 0.29) is 0 Å². The number of nitrogens with one attached hydrogen (secondary N) is 1. The first-order chi connectivity index (χ1) is 9.12. The molecule has 3 N–H and O–H groups in total. The molecule has 19 heavy (non-hydrogen) atoms. The third-order valence-corrected chi connectivity index (χ3v) is 3.34. The maximum absolute atomic E-state index is 5.97. The van der Waals surface area contributed by atoms with Crippen molar-refractivity contribution in [1.29, 1.82) is 0 Å². The normalized spacial score (nSPS) is 10.3. The number of aromatic nitrogens is 2. The van der Waals surface area contributed by atoms with E-state index in [0.29, 0.717) is 27.6 Å². The number of nitrogen functional groups attached to an aromatic ring is 1. The summed E-state index contributed by atoms with van der Waals surface area (Å²) in [5.41, 5.74) is 3.42. The van der Waals surface area contributed by atoms with E-state index < -0.39 is 0 Å². The number of thioether (sulfide) groups is 1. The van der Waals surface area contributed by atoms with Crippen LogP contribution in [0.15, 0.2) is 29.4 Å². The Labute approximate surface area is 120 Å². The zero-order chi connectivity index (χ0) is 13.8. The van der Waals surface area contributed by atoms with E-state index in [2.05, 4.69) is 15.4 Å². The lowest BCUT2D eigenvalue weighted by atomic mass is 10.2. The van der Waals surface area contributed by atoms with E-state index in [0.717, 1.165) is 5.56 Å². The molecule has 0 unspecified atom stereocenters. The van der Waals surface area contributed by atoms with Gasteiger partial charge in [0, 0.05) is 11.1 Å². The molecule has 0 bridgehead atoms. The summed E-state index contributed by atoms with van der Waals surface area (Å²) in [5.74, 6) is 6.94. The molecule has 0 fully saturated rings. The Hall–Kier alpha value is -1.50. The van der Waals surface area contributed by atoms with E-state index in [1.165, 1.54) is 11.8 Å². The smallest absolute Gasteiger partial charge is 0.225 e. The van der Waals surface area contributed by atoms with Crippen LogP contribution in [0.25, 0.3) is 0 Å². The van der Waals surface area contributed by atoms with Crippen LogP contribution in [-0.4, -0.2) is 16.2 Å². The Bertz CT molecular complexity index is 572. The molecule has 0 saturated heterocycles. The summed E-state index contributed by atoms with van der Waals surface area (Å²) >= 11 is 7.38. The SMILES string of the molecule is CSc1nc(NN)cc(Oc2ccc(Cl)c(C)c2)n1. The van der Waals surface area contributed by atoms with Crippen LogP contribution in [0.2, 0.25) is 5.02 Å². The van der Waals surface area contributed by atoms with Crippen LogP contribution in [0.1, 0.15) is 5.56 Å². The molecule has 0 aliphatic heterocycles. The molecule has 1 heterocycles. The lowest BCUT2D eigenvalue weighted by molar-refractivity contribution is 0.455. The molecular weight excluding hydrogens is 284 g/mol. The van der Waals surface area contributed by atoms with Gasteiger partial charge in [-0.3, -0.25) is 0 Å². The number of nitrogens with zero attached hydrogens (tertiary/aromatic N) is 2. The molecule has 2 rings (SSSR count). The van der Waals surface area contributed by atoms with Crippen molar-refractivity contribution in [3.63, 3.8) is 0 Å². The number of halogens is 1. The van der Waals surface area contributed by atoms with Gasteiger partial charge >= 0.3 is 0 Å². The van der Waals surface area contributed by atoms with Crippen LogP contribution >= 0.6 is 23.4 Å². The maximum Gasteiger partial charge on any atom is 0.225 e. The third kappa shape index (κ3) is 3.50. The van der Waals surface area contributed by atoms with Crippen LogP contribution in [0.5, 0.6) is 11.6 Å². The molecule has 1 aromatic heterocycles. The zero-order valence-corrected chi connectivity index (χ0v) is 12.0. The molecule has 0 aliphatic carbocycles. The summed E-state index contributed by atoms with van der Waals surface area (Å²) in [6, 6.07) is 7.04. The van der Waals surface area contributed by atoms with Gasteiger partial charge in [0.25, 0.3) is 0 Å². The molecule has 1 aromatic carbocycles. The number of benzene rings is 1.